The van der Waals surface area contributed by atoms with E-state index in [-0.39, 0.29) is 27.7 Å². The fraction of sp³-hybridized carbons (Fsp3) is 0.286. The van der Waals surface area contributed by atoms with Crippen LogP contribution in [0.4, 0.5) is 5.00 Å². The topological polar surface area (TPSA) is 127 Å². The lowest BCUT2D eigenvalue weighted by atomic mass is 10.1. The summed E-state index contributed by atoms with van der Waals surface area (Å²) >= 11 is 7.34. The number of hydrogen-bond donors (Lipinski definition) is 3. The molecule has 4 N–H and O–H groups in total. The number of rotatable bonds is 6. The molecule has 0 aliphatic carbocycles. The van der Waals surface area contributed by atoms with Crippen molar-refractivity contribution in [1.29, 1.82) is 0 Å². The van der Waals surface area contributed by atoms with Gasteiger partial charge >= 0.3 is 5.97 Å². The molecule has 2 rings (SSSR count). The van der Waals surface area contributed by atoms with Crippen molar-refractivity contribution in [2.24, 2.45) is 5.73 Å². The summed E-state index contributed by atoms with van der Waals surface area (Å²) in [6.07, 6.45) is 0.646. The Morgan fingerprint density at radius 2 is 2.04 bits per heavy atom. The minimum absolute atomic E-state index is 0.0893. The van der Waals surface area contributed by atoms with Gasteiger partial charge in [-0.15, -0.1) is 11.3 Å². The maximum absolute atomic E-state index is 12.4. The fourth-order valence-electron chi connectivity index (χ4n) is 1.97. The predicted molar refractivity (Wildman–Crippen MR) is 100 cm³/mol. The molecule has 2 amide bonds. The van der Waals surface area contributed by atoms with E-state index in [9.17, 15) is 14.4 Å². The molecule has 0 fully saturated rings. The van der Waals surface area contributed by atoms with Crippen LogP contribution in [0.2, 0.25) is 0 Å². The summed E-state index contributed by atoms with van der Waals surface area (Å²) in [5, 5.41) is 9.24. The van der Waals surface area contributed by atoms with Gasteiger partial charge in [0, 0.05) is 0 Å². The van der Waals surface area contributed by atoms with E-state index in [1.165, 1.54) is 0 Å². The maximum atomic E-state index is 12.4. The Hall–Kier alpha value is -1.72. The number of nitrogens with zero attached hydrogens (tertiary/aromatic N) is 1. The van der Waals surface area contributed by atoms with Gasteiger partial charge in [-0.3, -0.25) is 14.7 Å². The second kappa shape index (κ2) is 8.11. The number of nitrogens with two attached hydrogens (primary N) is 1. The summed E-state index contributed by atoms with van der Waals surface area (Å²) in [5.74, 6) is -1.87. The summed E-state index contributed by atoms with van der Waals surface area (Å²) in [4.78, 5) is 36.5. The minimum Gasteiger partial charge on any atom is -0.462 e. The van der Waals surface area contributed by atoms with Crippen molar-refractivity contribution in [2.75, 3.05) is 11.9 Å². The van der Waals surface area contributed by atoms with Gasteiger partial charge in [0.2, 0.25) is 0 Å². The van der Waals surface area contributed by atoms with Crippen LogP contribution in [-0.4, -0.2) is 34.6 Å². The Labute approximate surface area is 163 Å². The van der Waals surface area contributed by atoms with Crippen LogP contribution in [0.15, 0.2) is 9.08 Å². The van der Waals surface area contributed by atoms with Gasteiger partial charge in [0.1, 0.15) is 9.60 Å². The van der Waals surface area contributed by atoms with Crippen molar-refractivity contribution in [1.82, 2.24) is 10.2 Å². The number of nitrogens with one attached hydrogen (secondary N) is 2. The number of primary amides is 1. The lowest BCUT2D eigenvalue weighted by Crippen LogP contribution is -2.16. The van der Waals surface area contributed by atoms with E-state index in [2.05, 4.69) is 47.4 Å². The van der Waals surface area contributed by atoms with E-state index in [1.807, 2.05) is 6.92 Å². The Balaban J connectivity index is 2.40. The fourth-order valence-corrected chi connectivity index (χ4v) is 3.65. The van der Waals surface area contributed by atoms with E-state index in [0.29, 0.717) is 21.1 Å². The third-order valence-electron chi connectivity index (χ3n) is 3.12. The van der Waals surface area contributed by atoms with Crippen LogP contribution in [0.1, 0.15) is 49.4 Å². The first kappa shape index (κ1) is 19.6. The second-order valence-electron chi connectivity index (χ2n) is 4.91. The molecule has 11 heteroatoms. The van der Waals surface area contributed by atoms with E-state index in [4.69, 9.17) is 10.5 Å². The number of hydrogen-bond acceptors (Lipinski definition) is 6. The highest BCUT2D eigenvalue weighted by Crippen LogP contribution is 2.34. The van der Waals surface area contributed by atoms with E-state index < -0.39 is 17.8 Å². The third kappa shape index (κ3) is 4.10. The molecular formula is C14H14Br2N4O4S. The molecule has 25 heavy (non-hydrogen) atoms. The summed E-state index contributed by atoms with van der Waals surface area (Å²) in [5.41, 5.74) is 5.92. The van der Waals surface area contributed by atoms with Gasteiger partial charge in [0.25, 0.3) is 11.8 Å². The number of amides is 2. The van der Waals surface area contributed by atoms with Crippen LogP contribution >= 0.6 is 43.2 Å². The first-order valence-electron chi connectivity index (χ1n) is 7.08. The van der Waals surface area contributed by atoms with Crippen LogP contribution in [0.5, 0.6) is 0 Å². The zero-order chi connectivity index (χ0) is 18.7. The number of aromatic nitrogens is 2. The van der Waals surface area contributed by atoms with Crippen LogP contribution in [0.25, 0.3) is 0 Å². The van der Waals surface area contributed by atoms with E-state index in [0.717, 1.165) is 11.3 Å². The largest absolute Gasteiger partial charge is 0.462 e. The number of anilines is 1. The molecule has 8 nitrogen and oxygen atoms in total. The standard InChI is InChI=1S/C14H14Br2N4O4S/c1-3-4-24-14(23)6-5(2)9(11(17)21)25-13(6)18-12(22)8-7(15)10(16)20-19-8/h3-4H2,1-2H3,(H2,17,21)(H,18,22)(H,19,20). The smallest absolute Gasteiger partial charge is 0.341 e. The number of ether oxygens (including phenoxy) is 1. The summed E-state index contributed by atoms with van der Waals surface area (Å²) in [7, 11) is 0. The van der Waals surface area contributed by atoms with Gasteiger partial charge in [0.15, 0.2) is 5.69 Å². The van der Waals surface area contributed by atoms with Crippen molar-refractivity contribution in [3.05, 3.63) is 30.8 Å². The number of carbonyl (C=O) groups excluding carboxylic acids is 3. The molecule has 0 radical (unpaired) electrons. The first-order chi connectivity index (χ1) is 11.8. The number of thiophene rings is 1. The molecule has 0 aliphatic heterocycles. The van der Waals surface area contributed by atoms with Crippen LogP contribution in [-0.2, 0) is 4.74 Å². The molecule has 134 valence electrons. The van der Waals surface area contributed by atoms with Crippen LogP contribution < -0.4 is 11.1 Å². The van der Waals surface area contributed by atoms with Gasteiger partial charge in [-0.1, -0.05) is 6.92 Å². The molecule has 0 unspecified atom stereocenters. The minimum atomic E-state index is -0.684. The molecular weight excluding hydrogens is 480 g/mol. The number of aromatic amines is 1. The van der Waals surface area contributed by atoms with Crippen molar-refractivity contribution < 1.29 is 19.1 Å². The molecule has 0 aliphatic rings. The average Bonchev–Trinajstić information content (AvgIpc) is 3.05. The Kier molecular flexibility index (Phi) is 6.36. The van der Waals surface area contributed by atoms with Crippen LogP contribution in [0, 0.1) is 6.92 Å². The van der Waals surface area contributed by atoms with Gasteiger partial charge in [-0.2, -0.15) is 5.10 Å². The third-order valence-corrected chi connectivity index (χ3v) is 6.22. The predicted octanol–water partition coefficient (Wildman–Crippen LogP) is 3.22. The zero-order valence-electron chi connectivity index (χ0n) is 13.2. The first-order valence-corrected chi connectivity index (χ1v) is 9.49. The molecule has 0 atom stereocenters. The molecule has 0 saturated heterocycles. The quantitative estimate of drug-likeness (QED) is 0.532. The lowest BCUT2D eigenvalue weighted by molar-refractivity contribution is 0.0506. The van der Waals surface area contributed by atoms with Gasteiger partial charge < -0.3 is 15.8 Å². The van der Waals surface area contributed by atoms with Crippen molar-refractivity contribution in [3.63, 3.8) is 0 Å². The normalized spacial score (nSPS) is 10.6. The number of halogens is 2. The summed E-state index contributed by atoms with van der Waals surface area (Å²) in [6, 6.07) is 0. The molecule has 0 spiro atoms. The number of H-pyrrole nitrogens is 1. The molecule has 0 saturated carbocycles. The molecule has 2 aromatic heterocycles. The molecule has 2 heterocycles. The number of esters is 1. The molecule has 0 bridgehead atoms. The molecule has 0 aromatic carbocycles. The Morgan fingerprint density at radius 3 is 2.56 bits per heavy atom. The van der Waals surface area contributed by atoms with Crippen molar-refractivity contribution in [3.8, 4) is 0 Å². The Morgan fingerprint density at radius 1 is 1.36 bits per heavy atom. The molecule has 2 aromatic rings. The lowest BCUT2D eigenvalue weighted by Gasteiger charge is -2.07. The Bertz CT molecular complexity index is 846. The summed E-state index contributed by atoms with van der Waals surface area (Å²) < 4.78 is 6.07. The van der Waals surface area contributed by atoms with Gasteiger partial charge in [0.05, 0.1) is 21.5 Å². The SMILES string of the molecule is CCCOC(=O)c1c(NC(=O)c2n[nH]c(Br)c2Br)sc(C(N)=O)c1C. The van der Waals surface area contributed by atoms with Gasteiger partial charge in [-0.25, -0.2) is 4.79 Å². The highest BCUT2D eigenvalue weighted by atomic mass is 79.9. The highest BCUT2D eigenvalue weighted by Gasteiger charge is 2.27. The number of carbonyl (C=O) groups is 3. The highest BCUT2D eigenvalue weighted by molar-refractivity contribution is 9.13. The maximum Gasteiger partial charge on any atom is 0.341 e. The summed E-state index contributed by atoms with van der Waals surface area (Å²) in [6.45, 7) is 3.67. The second-order valence-corrected chi connectivity index (χ2v) is 7.52. The zero-order valence-corrected chi connectivity index (χ0v) is 17.2. The monoisotopic (exact) mass is 492 g/mol. The van der Waals surface area contributed by atoms with Crippen LogP contribution in [0.3, 0.4) is 0 Å². The van der Waals surface area contributed by atoms with E-state index in [1.54, 1.807) is 6.92 Å². The average molecular weight is 494 g/mol. The van der Waals surface area contributed by atoms with Crippen molar-refractivity contribution >= 4 is 66.0 Å². The van der Waals surface area contributed by atoms with Gasteiger partial charge in [-0.05, 0) is 50.8 Å². The van der Waals surface area contributed by atoms with Crippen molar-refractivity contribution in [2.45, 2.75) is 20.3 Å². The van der Waals surface area contributed by atoms with E-state index >= 15 is 0 Å².